The molecule has 1 amide bonds. The van der Waals surface area contributed by atoms with E-state index in [-0.39, 0.29) is 18.3 Å². The molecule has 1 aromatic carbocycles. The van der Waals surface area contributed by atoms with Gasteiger partial charge in [0.15, 0.2) is 6.61 Å². The quantitative estimate of drug-likeness (QED) is 0.589. The van der Waals surface area contributed by atoms with Gasteiger partial charge in [0.25, 0.3) is 5.91 Å². The fourth-order valence-electron chi connectivity index (χ4n) is 1.48. The van der Waals surface area contributed by atoms with Gasteiger partial charge in [0.2, 0.25) is 0 Å². The van der Waals surface area contributed by atoms with Crippen molar-refractivity contribution in [2.24, 2.45) is 5.92 Å². The zero-order valence-corrected chi connectivity index (χ0v) is 12.9. The summed E-state index contributed by atoms with van der Waals surface area (Å²) in [5.41, 5.74) is 0.604. The van der Waals surface area contributed by atoms with Crippen molar-refractivity contribution in [3.63, 3.8) is 0 Å². The summed E-state index contributed by atoms with van der Waals surface area (Å²) in [7, 11) is 0. The van der Waals surface area contributed by atoms with E-state index in [9.17, 15) is 18.4 Å². The first-order valence-corrected chi connectivity index (χ1v) is 7.03. The van der Waals surface area contributed by atoms with Crippen LogP contribution in [0.2, 0.25) is 0 Å². The number of esters is 1. The maximum atomic E-state index is 12.0. The van der Waals surface area contributed by atoms with Crippen molar-refractivity contribution in [3.05, 3.63) is 35.9 Å². The van der Waals surface area contributed by atoms with E-state index in [0.717, 1.165) is 6.08 Å². The molecule has 0 heterocycles. The van der Waals surface area contributed by atoms with Gasteiger partial charge in [-0.15, -0.1) is 0 Å². The van der Waals surface area contributed by atoms with Crippen molar-refractivity contribution >= 4 is 18.0 Å². The van der Waals surface area contributed by atoms with Crippen LogP contribution in [0.25, 0.3) is 6.08 Å². The number of carbonyl (C=O) groups excluding carboxylic acids is 2. The summed E-state index contributed by atoms with van der Waals surface area (Å²) in [5.74, 6) is -0.695. The SMILES string of the molecule is CC(C)CNC(=O)COC(=O)C=Cc1ccc(OC(F)F)cc1. The van der Waals surface area contributed by atoms with Crippen LogP contribution in [-0.2, 0) is 14.3 Å². The fraction of sp³-hybridized carbons (Fsp3) is 0.375. The van der Waals surface area contributed by atoms with Crippen molar-refractivity contribution < 1.29 is 27.8 Å². The fourth-order valence-corrected chi connectivity index (χ4v) is 1.48. The Morgan fingerprint density at radius 2 is 1.87 bits per heavy atom. The number of carbonyl (C=O) groups is 2. The summed E-state index contributed by atoms with van der Waals surface area (Å²) in [5, 5.41) is 2.62. The van der Waals surface area contributed by atoms with Crippen LogP contribution < -0.4 is 10.1 Å². The Labute approximate surface area is 133 Å². The molecule has 0 aliphatic heterocycles. The number of alkyl halides is 2. The van der Waals surface area contributed by atoms with Gasteiger partial charge >= 0.3 is 12.6 Å². The molecule has 0 saturated heterocycles. The third-order valence-corrected chi connectivity index (χ3v) is 2.57. The summed E-state index contributed by atoms with van der Waals surface area (Å²) >= 11 is 0. The van der Waals surface area contributed by atoms with Gasteiger partial charge in [0, 0.05) is 12.6 Å². The first-order valence-electron chi connectivity index (χ1n) is 7.03. The summed E-state index contributed by atoms with van der Waals surface area (Å²) in [6, 6.07) is 5.74. The van der Waals surface area contributed by atoms with E-state index in [4.69, 9.17) is 4.74 Å². The van der Waals surface area contributed by atoms with E-state index in [0.29, 0.717) is 18.0 Å². The number of nitrogens with one attached hydrogen (secondary N) is 1. The largest absolute Gasteiger partial charge is 0.452 e. The normalized spacial score (nSPS) is 11.0. The third-order valence-electron chi connectivity index (χ3n) is 2.57. The van der Waals surface area contributed by atoms with Crippen LogP contribution in [0.4, 0.5) is 8.78 Å². The molecule has 0 aromatic heterocycles. The number of benzene rings is 1. The molecule has 0 unspecified atom stereocenters. The number of hydrogen-bond acceptors (Lipinski definition) is 4. The van der Waals surface area contributed by atoms with E-state index < -0.39 is 12.6 Å². The van der Waals surface area contributed by atoms with Crippen molar-refractivity contribution in [1.29, 1.82) is 0 Å². The monoisotopic (exact) mass is 327 g/mol. The van der Waals surface area contributed by atoms with E-state index in [1.807, 2.05) is 13.8 Å². The van der Waals surface area contributed by atoms with Crippen LogP contribution in [0.5, 0.6) is 5.75 Å². The Morgan fingerprint density at radius 3 is 2.43 bits per heavy atom. The molecule has 0 spiro atoms. The molecule has 0 fully saturated rings. The van der Waals surface area contributed by atoms with E-state index >= 15 is 0 Å². The van der Waals surface area contributed by atoms with E-state index in [1.165, 1.54) is 30.3 Å². The van der Waals surface area contributed by atoms with Gasteiger partial charge in [-0.05, 0) is 29.7 Å². The van der Waals surface area contributed by atoms with Crippen molar-refractivity contribution in [2.45, 2.75) is 20.5 Å². The molecule has 0 radical (unpaired) electrons. The lowest BCUT2D eigenvalue weighted by Gasteiger charge is -2.07. The lowest BCUT2D eigenvalue weighted by molar-refractivity contribution is -0.143. The zero-order chi connectivity index (χ0) is 17.2. The molecule has 1 aromatic rings. The first-order chi connectivity index (χ1) is 10.9. The highest BCUT2D eigenvalue weighted by Gasteiger charge is 2.06. The zero-order valence-electron chi connectivity index (χ0n) is 12.9. The minimum Gasteiger partial charge on any atom is -0.452 e. The van der Waals surface area contributed by atoms with Crippen molar-refractivity contribution in [3.8, 4) is 5.75 Å². The standard InChI is InChI=1S/C16H19F2NO4/c1-11(2)9-19-14(20)10-22-15(21)8-5-12-3-6-13(7-4-12)23-16(17)18/h3-8,11,16H,9-10H2,1-2H3,(H,19,20). The average Bonchev–Trinajstić information content (AvgIpc) is 2.49. The predicted molar refractivity (Wildman–Crippen MR) is 80.9 cm³/mol. The maximum absolute atomic E-state index is 12.0. The van der Waals surface area contributed by atoms with Crippen LogP contribution in [0.3, 0.4) is 0 Å². The molecule has 126 valence electrons. The van der Waals surface area contributed by atoms with Gasteiger partial charge in [-0.25, -0.2) is 4.79 Å². The number of rotatable bonds is 8. The van der Waals surface area contributed by atoms with Crippen LogP contribution in [0, 0.1) is 5.92 Å². The van der Waals surface area contributed by atoms with Crippen LogP contribution in [0.1, 0.15) is 19.4 Å². The molecular formula is C16H19F2NO4. The summed E-state index contributed by atoms with van der Waals surface area (Å²) in [6.45, 7) is 1.18. The molecule has 7 heteroatoms. The average molecular weight is 327 g/mol. The highest BCUT2D eigenvalue weighted by molar-refractivity contribution is 5.89. The molecule has 0 aliphatic rings. The lowest BCUT2D eigenvalue weighted by atomic mass is 10.2. The number of halogens is 2. The summed E-state index contributed by atoms with van der Waals surface area (Å²) < 4.78 is 33.0. The van der Waals surface area contributed by atoms with Crippen molar-refractivity contribution in [2.75, 3.05) is 13.2 Å². The summed E-state index contributed by atoms with van der Waals surface area (Å²) in [6.07, 6.45) is 2.60. The minimum absolute atomic E-state index is 0.0292. The molecule has 5 nitrogen and oxygen atoms in total. The van der Waals surface area contributed by atoms with E-state index in [1.54, 1.807) is 0 Å². The van der Waals surface area contributed by atoms with Crippen LogP contribution in [-0.4, -0.2) is 31.6 Å². The van der Waals surface area contributed by atoms with Gasteiger partial charge in [-0.1, -0.05) is 26.0 Å². The Hall–Kier alpha value is -2.44. The lowest BCUT2D eigenvalue weighted by Crippen LogP contribution is -2.31. The van der Waals surface area contributed by atoms with Crippen molar-refractivity contribution in [1.82, 2.24) is 5.32 Å². The van der Waals surface area contributed by atoms with Crippen LogP contribution >= 0.6 is 0 Å². The Balaban J connectivity index is 2.38. The van der Waals surface area contributed by atoms with Crippen LogP contribution in [0.15, 0.2) is 30.3 Å². The molecule has 0 bridgehead atoms. The second kappa shape index (κ2) is 9.55. The second-order valence-corrected chi connectivity index (χ2v) is 5.09. The first kappa shape index (κ1) is 18.6. The molecule has 0 aliphatic carbocycles. The molecule has 0 atom stereocenters. The van der Waals surface area contributed by atoms with Gasteiger partial charge in [0.05, 0.1) is 0 Å². The van der Waals surface area contributed by atoms with Gasteiger partial charge < -0.3 is 14.8 Å². The van der Waals surface area contributed by atoms with Gasteiger partial charge in [0.1, 0.15) is 5.75 Å². The Morgan fingerprint density at radius 1 is 1.22 bits per heavy atom. The second-order valence-electron chi connectivity index (χ2n) is 5.09. The highest BCUT2D eigenvalue weighted by atomic mass is 19.3. The predicted octanol–water partition coefficient (Wildman–Crippen LogP) is 2.62. The molecule has 1 N–H and O–H groups in total. The number of amides is 1. The molecule has 23 heavy (non-hydrogen) atoms. The Bertz CT molecular complexity index is 542. The van der Waals surface area contributed by atoms with E-state index in [2.05, 4.69) is 10.1 Å². The maximum Gasteiger partial charge on any atom is 0.387 e. The third kappa shape index (κ3) is 8.55. The summed E-state index contributed by atoms with van der Waals surface area (Å²) in [4.78, 5) is 22.8. The minimum atomic E-state index is -2.88. The van der Waals surface area contributed by atoms with Gasteiger partial charge in [-0.3, -0.25) is 4.79 Å². The number of ether oxygens (including phenoxy) is 2. The Kier molecular flexibility index (Phi) is 7.73. The topological polar surface area (TPSA) is 64.6 Å². The molecule has 1 rings (SSSR count). The smallest absolute Gasteiger partial charge is 0.387 e. The van der Waals surface area contributed by atoms with Gasteiger partial charge in [-0.2, -0.15) is 8.78 Å². The molecular weight excluding hydrogens is 308 g/mol. The highest BCUT2D eigenvalue weighted by Crippen LogP contribution is 2.15. The number of hydrogen-bond donors (Lipinski definition) is 1. The molecule has 0 saturated carbocycles.